The molecule has 0 atom stereocenters. The van der Waals surface area contributed by atoms with Crippen LogP contribution in [0.25, 0.3) is 11.4 Å². The first kappa shape index (κ1) is 20.4. The summed E-state index contributed by atoms with van der Waals surface area (Å²) in [7, 11) is 3.58. The van der Waals surface area contributed by atoms with Crippen LogP contribution in [0.3, 0.4) is 0 Å². The highest BCUT2D eigenvalue weighted by atomic mass is 32.1. The van der Waals surface area contributed by atoms with Crippen LogP contribution in [-0.4, -0.2) is 42.9 Å². The molecule has 2 aliphatic rings. The van der Waals surface area contributed by atoms with Crippen LogP contribution < -0.4 is 9.64 Å². The summed E-state index contributed by atoms with van der Waals surface area (Å²) < 4.78 is 23.9. The number of aryl methyl sites for hydroxylation is 1. The Balaban J connectivity index is 1.33. The minimum atomic E-state index is -0.261. The van der Waals surface area contributed by atoms with Crippen molar-refractivity contribution in [3.8, 4) is 17.1 Å². The smallest absolute Gasteiger partial charge is 0.163 e. The van der Waals surface area contributed by atoms with Crippen LogP contribution in [0.15, 0.2) is 36.9 Å². The second-order valence-corrected chi connectivity index (χ2v) is 9.56. The fourth-order valence-electron chi connectivity index (χ4n) is 4.68. The molecule has 0 fully saturated rings. The number of imidazole rings is 1. The number of halogens is 1. The lowest BCUT2D eigenvalue weighted by molar-refractivity contribution is 0.240. The molecule has 10 heteroatoms. The average molecular weight is 466 g/mol. The predicted molar refractivity (Wildman–Crippen MR) is 123 cm³/mol. The molecule has 1 aromatic carbocycles. The Morgan fingerprint density at radius 2 is 2.12 bits per heavy atom. The molecule has 2 aliphatic heterocycles. The number of anilines is 1. The van der Waals surface area contributed by atoms with Crippen LogP contribution in [0.4, 0.5) is 9.39 Å². The first-order valence-electron chi connectivity index (χ1n) is 10.9. The Bertz CT molecular complexity index is 1330. The third kappa shape index (κ3) is 3.50. The molecule has 33 heavy (non-hydrogen) atoms. The zero-order valence-electron chi connectivity index (χ0n) is 18.5. The lowest BCUT2D eigenvalue weighted by atomic mass is 10.0. The van der Waals surface area contributed by atoms with Crippen molar-refractivity contribution in [2.24, 2.45) is 7.05 Å². The molecule has 3 aromatic heterocycles. The van der Waals surface area contributed by atoms with E-state index in [1.54, 1.807) is 36.9 Å². The molecule has 0 N–H and O–H groups in total. The number of rotatable bonds is 5. The molecule has 6 rings (SSSR count). The van der Waals surface area contributed by atoms with Crippen LogP contribution in [0.5, 0.6) is 5.75 Å². The number of benzene rings is 1. The Hall–Kier alpha value is -3.24. The van der Waals surface area contributed by atoms with Crippen molar-refractivity contribution in [2.75, 3.05) is 18.6 Å². The van der Waals surface area contributed by atoms with Gasteiger partial charge in [0, 0.05) is 55.6 Å². The molecule has 0 aliphatic carbocycles. The summed E-state index contributed by atoms with van der Waals surface area (Å²) in [4.78, 5) is 15.0. The quantitative estimate of drug-likeness (QED) is 0.450. The van der Waals surface area contributed by atoms with Gasteiger partial charge in [0.1, 0.15) is 35.4 Å². The number of hydrogen-bond donors (Lipinski definition) is 0. The van der Waals surface area contributed by atoms with Gasteiger partial charge in [0.2, 0.25) is 0 Å². The van der Waals surface area contributed by atoms with E-state index in [1.165, 1.54) is 16.5 Å². The molecule has 0 unspecified atom stereocenters. The van der Waals surface area contributed by atoms with Gasteiger partial charge in [-0.05, 0) is 18.1 Å². The highest BCUT2D eigenvalue weighted by Gasteiger charge is 2.33. The Labute approximate surface area is 194 Å². The summed E-state index contributed by atoms with van der Waals surface area (Å²) in [6.07, 6.45) is 6.38. The molecule has 170 valence electrons. The summed E-state index contributed by atoms with van der Waals surface area (Å²) >= 11 is 1.79. The molecular formula is C23H24FN7OS. The van der Waals surface area contributed by atoms with E-state index in [2.05, 4.69) is 29.4 Å². The van der Waals surface area contributed by atoms with Gasteiger partial charge in [-0.15, -0.1) is 11.3 Å². The van der Waals surface area contributed by atoms with Gasteiger partial charge in [0.05, 0.1) is 19.2 Å². The van der Waals surface area contributed by atoms with Crippen LogP contribution in [-0.2, 0) is 39.8 Å². The second-order valence-electron chi connectivity index (χ2n) is 8.48. The van der Waals surface area contributed by atoms with Gasteiger partial charge in [-0.1, -0.05) is 6.07 Å². The maximum absolute atomic E-state index is 14.7. The van der Waals surface area contributed by atoms with Crippen LogP contribution in [0.2, 0.25) is 0 Å². The summed E-state index contributed by atoms with van der Waals surface area (Å²) in [6, 6.07) is 5.04. The lowest BCUT2D eigenvalue weighted by Gasteiger charge is -2.30. The third-order valence-corrected chi connectivity index (χ3v) is 7.73. The molecule has 0 spiro atoms. The second kappa shape index (κ2) is 7.96. The van der Waals surface area contributed by atoms with Crippen LogP contribution in [0.1, 0.15) is 21.8 Å². The number of thiophene rings is 1. The molecule has 0 radical (unpaired) electrons. The molecule has 8 nitrogen and oxygen atoms in total. The maximum Gasteiger partial charge on any atom is 0.163 e. The van der Waals surface area contributed by atoms with Crippen molar-refractivity contribution in [1.29, 1.82) is 0 Å². The molecule has 5 heterocycles. The topological polar surface area (TPSA) is 64.2 Å². The first-order valence-corrected chi connectivity index (χ1v) is 11.7. The van der Waals surface area contributed by atoms with Crippen molar-refractivity contribution >= 4 is 16.3 Å². The minimum absolute atomic E-state index is 0.261. The number of fused-ring (bicyclic) bond motifs is 5. The van der Waals surface area contributed by atoms with Crippen LogP contribution >= 0.6 is 11.3 Å². The van der Waals surface area contributed by atoms with Crippen molar-refractivity contribution in [1.82, 2.24) is 29.2 Å². The van der Waals surface area contributed by atoms with Gasteiger partial charge in [-0.2, -0.15) is 5.10 Å². The zero-order chi connectivity index (χ0) is 22.5. The Morgan fingerprint density at radius 1 is 1.21 bits per heavy atom. The number of methoxy groups -OCH3 is 1. The average Bonchev–Trinajstić information content (AvgIpc) is 3.53. The van der Waals surface area contributed by atoms with Gasteiger partial charge in [-0.25, -0.2) is 19.0 Å². The van der Waals surface area contributed by atoms with E-state index in [0.717, 1.165) is 48.3 Å². The fourth-order valence-corrected chi connectivity index (χ4v) is 6.05. The first-order chi connectivity index (χ1) is 16.1. The van der Waals surface area contributed by atoms with E-state index in [0.29, 0.717) is 24.5 Å². The van der Waals surface area contributed by atoms with E-state index in [1.807, 2.05) is 24.1 Å². The van der Waals surface area contributed by atoms with E-state index in [9.17, 15) is 4.39 Å². The van der Waals surface area contributed by atoms with Crippen molar-refractivity contribution in [3.63, 3.8) is 0 Å². The van der Waals surface area contributed by atoms with Gasteiger partial charge in [-0.3, -0.25) is 4.90 Å². The van der Waals surface area contributed by atoms with Crippen molar-refractivity contribution < 1.29 is 9.13 Å². The molecule has 0 bridgehead atoms. The maximum atomic E-state index is 14.7. The molecule has 0 saturated heterocycles. The van der Waals surface area contributed by atoms with E-state index in [-0.39, 0.29) is 5.82 Å². The summed E-state index contributed by atoms with van der Waals surface area (Å²) in [5.74, 6) is 2.24. The number of hydrogen-bond acceptors (Lipinski definition) is 7. The van der Waals surface area contributed by atoms with Crippen molar-refractivity contribution in [2.45, 2.75) is 32.7 Å². The molecule has 0 saturated carbocycles. The molecule has 4 aromatic rings. The van der Waals surface area contributed by atoms with E-state index < -0.39 is 0 Å². The summed E-state index contributed by atoms with van der Waals surface area (Å²) in [5, 5.41) is 5.58. The molecule has 0 amide bonds. The number of ether oxygens (including phenoxy) is 1. The minimum Gasteiger partial charge on any atom is -0.497 e. The normalized spacial score (nSPS) is 15.3. The monoisotopic (exact) mass is 465 g/mol. The lowest BCUT2D eigenvalue weighted by Crippen LogP contribution is -2.31. The Kier molecular flexibility index (Phi) is 4.92. The van der Waals surface area contributed by atoms with E-state index >= 15 is 0 Å². The SMILES string of the molecule is COc1ccc(CN2Cn3ncnc3-c3c2sc2c3CCN(Cc3nccn3C)C2)c(F)c1. The molecular weight excluding hydrogens is 441 g/mol. The predicted octanol–water partition coefficient (Wildman–Crippen LogP) is 3.42. The number of nitrogens with zero attached hydrogens (tertiary/aromatic N) is 7. The van der Waals surface area contributed by atoms with Crippen LogP contribution in [0, 0.1) is 5.82 Å². The van der Waals surface area contributed by atoms with Gasteiger partial charge < -0.3 is 14.2 Å². The summed E-state index contributed by atoms with van der Waals surface area (Å²) in [6.45, 7) is 3.66. The zero-order valence-corrected chi connectivity index (χ0v) is 19.3. The number of aromatic nitrogens is 5. The highest BCUT2D eigenvalue weighted by Crippen LogP contribution is 2.47. The van der Waals surface area contributed by atoms with Gasteiger partial charge in [0.15, 0.2) is 5.82 Å². The highest BCUT2D eigenvalue weighted by molar-refractivity contribution is 7.17. The Morgan fingerprint density at radius 3 is 2.91 bits per heavy atom. The fraction of sp³-hybridized carbons (Fsp3) is 0.348. The summed E-state index contributed by atoms with van der Waals surface area (Å²) in [5.41, 5.74) is 3.14. The largest absolute Gasteiger partial charge is 0.497 e. The van der Waals surface area contributed by atoms with E-state index in [4.69, 9.17) is 4.74 Å². The van der Waals surface area contributed by atoms with Crippen molar-refractivity contribution in [3.05, 3.63) is 64.6 Å². The standard InChI is InChI=1S/C23H24FN7OS/c1-28-8-6-25-20(28)12-29-7-5-17-19(11-29)33-23-21(17)22-26-13-27-31(22)14-30(23)10-15-3-4-16(32-2)9-18(15)24/h3-4,6,8-9,13H,5,7,10-12,14H2,1-2H3. The van der Waals surface area contributed by atoms with Gasteiger partial charge in [0.25, 0.3) is 0 Å². The van der Waals surface area contributed by atoms with Gasteiger partial charge >= 0.3 is 0 Å². The third-order valence-electron chi connectivity index (χ3n) is 6.46.